The summed E-state index contributed by atoms with van der Waals surface area (Å²) in [4.78, 5) is 12.0. The zero-order chi connectivity index (χ0) is 21.4. The van der Waals surface area contributed by atoms with Crippen LogP contribution in [0.25, 0.3) is 10.9 Å². The number of fused-ring (bicyclic) bond motifs is 1. The number of rotatable bonds is 6. The highest BCUT2D eigenvalue weighted by molar-refractivity contribution is 7.12. The molecule has 0 aliphatic carbocycles. The molecule has 8 heteroatoms. The Morgan fingerprint density at radius 2 is 1.83 bits per heavy atom. The maximum atomic E-state index is 14.1. The first kappa shape index (κ1) is 21.4. The number of nitrogens with zero attached hydrogens (tertiary/aromatic N) is 1. The molecule has 0 aliphatic rings. The van der Waals surface area contributed by atoms with Crippen molar-refractivity contribution in [3.8, 4) is 5.06 Å². The molecule has 2 aromatic heterocycles. The number of aliphatic hydroxyl groups is 1. The van der Waals surface area contributed by atoms with E-state index in [2.05, 4.69) is 0 Å². The number of thiophene rings is 1. The Bertz CT molecular complexity index is 1070. The van der Waals surface area contributed by atoms with E-state index in [0.29, 0.717) is 21.5 Å². The third-order valence-electron chi connectivity index (χ3n) is 5.12. The molecule has 29 heavy (non-hydrogen) atoms. The highest BCUT2D eigenvalue weighted by Crippen LogP contribution is 2.45. The number of aromatic nitrogens is 1. The second-order valence-electron chi connectivity index (χ2n) is 7.74. The van der Waals surface area contributed by atoms with Crippen LogP contribution in [0.5, 0.6) is 5.06 Å². The van der Waals surface area contributed by atoms with Gasteiger partial charge in [-0.3, -0.25) is 4.79 Å². The van der Waals surface area contributed by atoms with Crippen LogP contribution in [0.2, 0.25) is 0 Å². The zero-order valence-electron chi connectivity index (χ0n) is 16.3. The average molecular weight is 425 g/mol. The van der Waals surface area contributed by atoms with Crippen molar-refractivity contribution in [3.63, 3.8) is 0 Å². The van der Waals surface area contributed by atoms with Gasteiger partial charge in [0, 0.05) is 23.2 Å². The second-order valence-corrected chi connectivity index (χ2v) is 8.62. The van der Waals surface area contributed by atoms with Gasteiger partial charge in [-0.1, -0.05) is 26.0 Å². The standard InChI is InChI=1S/C21H22F3NO3S/c1-19(2,15-9-11-29-18(15)28-3)12-20(27,21(22,23)24)13-25-10-8-17(26)14-6-4-5-7-16(14)25/h4-11,27H,12-13H2,1-3H3. The number of hydrogen-bond acceptors (Lipinski definition) is 4. The summed E-state index contributed by atoms with van der Waals surface area (Å²) in [7, 11) is 1.47. The van der Waals surface area contributed by atoms with E-state index in [-0.39, 0.29) is 5.43 Å². The summed E-state index contributed by atoms with van der Waals surface area (Å²) in [6.45, 7) is 2.57. The molecule has 1 atom stereocenters. The predicted molar refractivity (Wildman–Crippen MR) is 108 cm³/mol. The SMILES string of the molecule is COc1sccc1C(C)(C)CC(O)(Cn1ccc(=O)c2ccccc21)C(F)(F)F. The number of pyridine rings is 1. The molecule has 0 saturated carbocycles. The van der Waals surface area contributed by atoms with Crippen molar-refractivity contribution in [1.29, 1.82) is 0 Å². The van der Waals surface area contributed by atoms with Crippen molar-refractivity contribution in [3.05, 3.63) is 63.8 Å². The maximum Gasteiger partial charge on any atom is 0.418 e. The normalized spacial score (nSPS) is 14.7. The molecule has 4 nitrogen and oxygen atoms in total. The Labute approximate surface area is 170 Å². The molecule has 0 radical (unpaired) electrons. The smallest absolute Gasteiger partial charge is 0.418 e. The Kier molecular flexibility index (Phi) is 5.53. The fourth-order valence-electron chi connectivity index (χ4n) is 3.71. The van der Waals surface area contributed by atoms with Crippen LogP contribution in [0.1, 0.15) is 25.8 Å². The first-order valence-electron chi connectivity index (χ1n) is 8.98. The van der Waals surface area contributed by atoms with Gasteiger partial charge < -0.3 is 14.4 Å². The summed E-state index contributed by atoms with van der Waals surface area (Å²) in [5, 5.41) is 13.4. The Hall–Kier alpha value is -2.32. The molecule has 0 spiro atoms. The zero-order valence-corrected chi connectivity index (χ0v) is 17.1. The van der Waals surface area contributed by atoms with Gasteiger partial charge in [-0.05, 0) is 35.4 Å². The van der Waals surface area contributed by atoms with Gasteiger partial charge in [-0.15, -0.1) is 11.3 Å². The lowest BCUT2D eigenvalue weighted by Crippen LogP contribution is -2.52. The lowest BCUT2D eigenvalue weighted by atomic mass is 9.75. The van der Waals surface area contributed by atoms with Crippen molar-refractivity contribution in [2.45, 2.75) is 44.0 Å². The summed E-state index contributed by atoms with van der Waals surface area (Å²) >= 11 is 1.29. The van der Waals surface area contributed by atoms with Gasteiger partial charge in [0.25, 0.3) is 0 Å². The molecule has 0 fully saturated rings. The number of methoxy groups -OCH3 is 1. The molecular weight excluding hydrogens is 403 g/mol. The van der Waals surface area contributed by atoms with Crippen LogP contribution in [0.4, 0.5) is 13.2 Å². The van der Waals surface area contributed by atoms with Crippen LogP contribution in [-0.2, 0) is 12.0 Å². The maximum absolute atomic E-state index is 14.1. The second kappa shape index (κ2) is 7.50. The first-order chi connectivity index (χ1) is 13.5. The molecule has 3 aromatic rings. The van der Waals surface area contributed by atoms with Crippen LogP contribution in [0.3, 0.4) is 0 Å². The topological polar surface area (TPSA) is 51.5 Å². The number of benzene rings is 1. The lowest BCUT2D eigenvalue weighted by Gasteiger charge is -2.38. The quantitative estimate of drug-likeness (QED) is 0.621. The van der Waals surface area contributed by atoms with E-state index < -0.39 is 30.2 Å². The molecular formula is C21H22F3NO3S. The summed E-state index contributed by atoms with van der Waals surface area (Å²) in [5.41, 5.74) is -3.35. The van der Waals surface area contributed by atoms with Crippen molar-refractivity contribution in [2.75, 3.05) is 7.11 Å². The van der Waals surface area contributed by atoms with Gasteiger partial charge >= 0.3 is 6.18 Å². The highest BCUT2D eigenvalue weighted by atomic mass is 32.1. The Morgan fingerprint density at radius 1 is 1.14 bits per heavy atom. The van der Waals surface area contributed by atoms with Gasteiger partial charge in [-0.2, -0.15) is 13.2 Å². The van der Waals surface area contributed by atoms with Gasteiger partial charge in [0.05, 0.1) is 19.2 Å². The minimum Gasteiger partial charge on any atom is -0.487 e. The molecule has 2 heterocycles. The fraction of sp³-hybridized carbons (Fsp3) is 0.381. The molecule has 0 aliphatic heterocycles. The molecule has 156 valence electrons. The molecule has 0 bridgehead atoms. The number of para-hydroxylation sites is 1. The average Bonchev–Trinajstić information content (AvgIpc) is 3.13. The van der Waals surface area contributed by atoms with E-state index in [1.807, 2.05) is 0 Å². The van der Waals surface area contributed by atoms with Gasteiger partial charge in [0.1, 0.15) is 0 Å². The molecule has 1 unspecified atom stereocenters. The number of hydrogen-bond donors (Lipinski definition) is 1. The van der Waals surface area contributed by atoms with Crippen LogP contribution < -0.4 is 10.2 Å². The minimum absolute atomic E-state index is 0.282. The van der Waals surface area contributed by atoms with E-state index in [9.17, 15) is 23.1 Å². The Morgan fingerprint density at radius 3 is 2.48 bits per heavy atom. The highest BCUT2D eigenvalue weighted by Gasteiger charge is 2.56. The Balaban J connectivity index is 2.05. The van der Waals surface area contributed by atoms with Crippen LogP contribution in [0, 0.1) is 0 Å². The van der Waals surface area contributed by atoms with Gasteiger partial charge in [0.2, 0.25) is 0 Å². The monoisotopic (exact) mass is 425 g/mol. The minimum atomic E-state index is -4.88. The van der Waals surface area contributed by atoms with E-state index in [0.717, 1.165) is 0 Å². The summed E-state index contributed by atoms with van der Waals surface area (Å²) in [6.07, 6.45) is -4.16. The summed E-state index contributed by atoms with van der Waals surface area (Å²) < 4.78 is 48.8. The van der Waals surface area contributed by atoms with Gasteiger partial charge in [-0.25, -0.2) is 0 Å². The molecule has 1 aromatic carbocycles. The predicted octanol–water partition coefficient (Wildman–Crippen LogP) is 4.73. The first-order valence-corrected chi connectivity index (χ1v) is 9.86. The third kappa shape index (κ3) is 4.04. The number of halogens is 3. The number of alkyl halides is 3. The fourth-order valence-corrected chi connectivity index (χ4v) is 4.60. The van der Waals surface area contributed by atoms with Crippen LogP contribution >= 0.6 is 11.3 Å². The van der Waals surface area contributed by atoms with E-state index in [1.54, 1.807) is 49.6 Å². The molecule has 0 amide bonds. The lowest BCUT2D eigenvalue weighted by molar-refractivity contribution is -0.271. The van der Waals surface area contributed by atoms with Crippen LogP contribution in [-0.4, -0.2) is 28.6 Å². The van der Waals surface area contributed by atoms with E-state index >= 15 is 0 Å². The molecule has 0 saturated heterocycles. The van der Waals surface area contributed by atoms with Crippen molar-refractivity contribution < 1.29 is 23.0 Å². The molecule has 1 N–H and O–H groups in total. The largest absolute Gasteiger partial charge is 0.487 e. The molecule has 3 rings (SSSR count). The van der Waals surface area contributed by atoms with Crippen LogP contribution in [0.15, 0.2) is 52.8 Å². The third-order valence-corrected chi connectivity index (χ3v) is 6.00. The number of ether oxygens (including phenoxy) is 1. The van der Waals surface area contributed by atoms with E-state index in [4.69, 9.17) is 4.74 Å². The van der Waals surface area contributed by atoms with E-state index in [1.165, 1.54) is 35.3 Å². The summed E-state index contributed by atoms with van der Waals surface area (Å²) in [6, 6.07) is 9.35. The van der Waals surface area contributed by atoms with Crippen molar-refractivity contribution >= 4 is 22.2 Å². The van der Waals surface area contributed by atoms with Gasteiger partial charge in [0.15, 0.2) is 16.1 Å². The summed E-state index contributed by atoms with van der Waals surface area (Å²) in [5.74, 6) is 0. The van der Waals surface area contributed by atoms with Crippen molar-refractivity contribution in [2.24, 2.45) is 0 Å². The van der Waals surface area contributed by atoms with Crippen molar-refractivity contribution in [1.82, 2.24) is 4.57 Å².